The molecule has 0 saturated heterocycles. The number of hydrogen-bond acceptors (Lipinski definition) is 2. The lowest BCUT2D eigenvalue weighted by molar-refractivity contribution is 0.913. The van der Waals surface area contributed by atoms with Gasteiger partial charge in [-0.25, -0.2) is 9.97 Å². The van der Waals surface area contributed by atoms with Crippen LogP contribution in [0.2, 0.25) is 0 Å². The molecule has 0 aliphatic heterocycles. The van der Waals surface area contributed by atoms with Crippen LogP contribution in [0.4, 0.5) is 0 Å². The fourth-order valence-electron chi connectivity index (χ4n) is 1.09. The number of hydrogen-bond donors (Lipinski definition) is 0. The van der Waals surface area contributed by atoms with Gasteiger partial charge in [-0.1, -0.05) is 0 Å². The molecule has 15 heavy (non-hydrogen) atoms. The Labute approximate surface area is 104 Å². The van der Waals surface area contributed by atoms with Crippen LogP contribution in [0, 0.1) is 20.8 Å². The first-order valence-electron chi connectivity index (χ1n) is 4.62. The molecule has 0 atom stereocenters. The van der Waals surface area contributed by atoms with Gasteiger partial charge in [0.1, 0.15) is 5.82 Å². The van der Waals surface area contributed by atoms with Crippen LogP contribution < -0.4 is 0 Å². The number of halogens is 1. The van der Waals surface area contributed by atoms with Crippen LogP contribution in [0.1, 0.15) is 17.2 Å². The molecule has 0 aromatic carbocycles. The van der Waals surface area contributed by atoms with E-state index in [0.29, 0.717) is 0 Å². The van der Waals surface area contributed by atoms with Crippen LogP contribution in [-0.2, 0) is 7.05 Å². The maximum atomic E-state index is 4.07. The van der Waals surface area contributed by atoms with Gasteiger partial charge in [0.05, 0.1) is 34.9 Å². The van der Waals surface area contributed by atoms with Crippen molar-refractivity contribution in [2.75, 3.05) is 0 Å². The van der Waals surface area contributed by atoms with Gasteiger partial charge in [0, 0.05) is 25.1 Å². The van der Waals surface area contributed by atoms with Crippen molar-refractivity contribution >= 4 is 22.9 Å². The van der Waals surface area contributed by atoms with E-state index < -0.39 is 0 Å². The highest BCUT2D eigenvalue weighted by Crippen LogP contribution is 2.05. The van der Waals surface area contributed by atoms with Gasteiger partial charge < -0.3 is 4.57 Å². The summed E-state index contributed by atoms with van der Waals surface area (Å²) in [5, 5.41) is 0. The Morgan fingerprint density at radius 2 is 1.87 bits per heavy atom. The average Bonchev–Trinajstić information content (AvgIpc) is 2.68. The van der Waals surface area contributed by atoms with Crippen LogP contribution >= 0.6 is 22.9 Å². The van der Waals surface area contributed by atoms with Crippen LogP contribution in [-0.4, -0.2) is 17.3 Å². The van der Waals surface area contributed by atoms with E-state index in [2.05, 4.69) is 32.8 Å². The third-order valence-electron chi connectivity index (χ3n) is 1.87. The van der Waals surface area contributed by atoms with Gasteiger partial charge in [-0.3, -0.25) is 2.78 Å². The summed E-state index contributed by atoms with van der Waals surface area (Å²) in [5.74, 6) is 1.06. The molecular weight excluding hydrogens is 303 g/mol. The largest absolute Gasteiger partial charge is 0.340 e. The van der Waals surface area contributed by atoms with E-state index >= 15 is 0 Å². The lowest BCUT2D eigenvalue weighted by Crippen LogP contribution is -1.83. The summed E-state index contributed by atoms with van der Waals surface area (Å²) in [4.78, 5) is 8.05. The fourth-order valence-corrected chi connectivity index (χ4v) is 1.34. The lowest BCUT2D eigenvalue weighted by Gasteiger charge is -1.90. The van der Waals surface area contributed by atoms with Crippen LogP contribution in [0.15, 0.2) is 18.7 Å². The maximum Gasteiger partial charge on any atom is 0.114 e. The van der Waals surface area contributed by atoms with Crippen molar-refractivity contribution in [1.29, 1.82) is 0 Å². The quantitative estimate of drug-likeness (QED) is 0.700. The lowest BCUT2D eigenvalue weighted by atomic mass is 10.6. The van der Waals surface area contributed by atoms with Crippen molar-refractivity contribution in [3.8, 4) is 0 Å². The topological polar surface area (TPSA) is 35.6 Å². The predicted molar refractivity (Wildman–Crippen MR) is 69.1 cm³/mol. The molecular formula is C10H15IN4. The minimum Gasteiger partial charge on any atom is -0.340 e. The van der Waals surface area contributed by atoms with Gasteiger partial charge in [-0.2, -0.15) is 0 Å². The molecule has 0 fully saturated rings. The molecule has 4 nitrogen and oxygen atoms in total. The molecule has 2 aromatic heterocycles. The van der Waals surface area contributed by atoms with E-state index in [0.717, 1.165) is 11.5 Å². The number of imidazole rings is 2. The molecule has 0 amide bonds. The molecule has 0 radical (unpaired) electrons. The van der Waals surface area contributed by atoms with Gasteiger partial charge >= 0.3 is 0 Å². The van der Waals surface area contributed by atoms with E-state index in [1.54, 1.807) is 6.33 Å². The van der Waals surface area contributed by atoms with E-state index in [9.17, 15) is 0 Å². The third-order valence-corrected chi connectivity index (χ3v) is 3.33. The Kier molecular flexibility index (Phi) is 4.31. The predicted octanol–water partition coefficient (Wildman–Crippen LogP) is 2.43. The second kappa shape index (κ2) is 5.29. The fraction of sp³-hybridized carbons (Fsp3) is 0.400. The molecule has 5 heteroatoms. The maximum absolute atomic E-state index is 4.07. The third kappa shape index (κ3) is 3.65. The molecule has 82 valence electrons. The van der Waals surface area contributed by atoms with E-state index in [1.807, 2.05) is 47.6 Å². The van der Waals surface area contributed by atoms with Gasteiger partial charge in [0.25, 0.3) is 0 Å². The Morgan fingerprint density at radius 1 is 1.20 bits per heavy atom. The zero-order chi connectivity index (χ0) is 11.4. The van der Waals surface area contributed by atoms with Crippen molar-refractivity contribution < 1.29 is 0 Å². The molecule has 0 unspecified atom stereocenters. The zero-order valence-electron chi connectivity index (χ0n) is 9.40. The first-order valence-corrected chi connectivity index (χ1v) is 5.59. The molecule has 2 heterocycles. The second-order valence-electron chi connectivity index (χ2n) is 3.41. The first kappa shape index (κ1) is 12.2. The molecule has 0 bridgehead atoms. The monoisotopic (exact) mass is 318 g/mol. The Morgan fingerprint density at radius 3 is 2.00 bits per heavy atom. The summed E-state index contributed by atoms with van der Waals surface area (Å²) in [5.41, 5.74) is 2.27. The minimum absolute atomic E-state index is 1.06. The van der Waals surface area contributed by atoms with Crippen molar-refractivity contribution in [3.05, 3.63) is 35.9 Å². The molecule has 2 rings (SSSR count). The number of rotatable bonds is 0. The molecule has 0 aliphatic rings. The highest BCUT2D eigenvalue weighted by molar-refractivity contribution is 14.1. The normalized spacial score (nSPS) is 9.67. The molecule has 0 spiro atoms. The van der Waals surface area contributed by atoms with Crippen molar-refractivity contribution in [1.82, 2.24) is 17.3 Å². The minimum atomic E-state index is 1.06. The van der Waals surface area contributed by atoms with Crippen LogP contribution in [0.3, 0.4) is 0 Å². The number of nitrogens with zero attached hydrogens (tertiary/aromatic N) is 4. The van der Waals surface area contributed by atoms with E-state index in [1.165, 1.54) is 5.69 Å². The van der Waals surface area contributed by atoms with Gasteiger partial charge in [0.15, 0.2) is 0 Å². The number of aromatic nitrogens is 4. The van der Waals surface area contributed by atoms with Gasteiger partial charge in [-0.15, -0.1) is 0 Å². The van der Waals surface area contributed by atoms with Crippen LogP contribution in [0.5, 0.6) is 0 Å². The summed E-state index contributed by atoms with van der Waals surface area (Å²) >= 11 is 2.22. The molecule has 0 N–H and O–H groups in total. The Balaban J connectivity index is 0.000000151. The first-order chi connectivity index (χ1) is 7.00. The summed E-state index contributed by atoms with van der Waals surface area (Å²) in [7, 11) is 1.96. The highest BCUT2D eigenvalue weighted by atomic mass is 127. The summed E-state index contributed by atoms with van der Waals surface area (Å²) in [6.07, 6.45) is 5.62. The standard InChI is InChI=1S/C5H7IN2.C5H8N2/c1-4-3-7-5(2)8(4)6;1-5-3-7(2)4-6-5/h3H,1-2H3;3-4H,1-2H3. The Hall–Kier alpha value is -0.850. The molecule has 2 aromatic rings. The van der Waals surface area contributed by atoms with Gasteiger partial charge in [0.2, 0.25) is 0 Å². The summed E-state index contributed by atoms with van der Waals surface area (Å²) < 4.78 is 3.95. The molecule has 0 aliphatic carbocycles. The SMILES string of the molecule is Cc1cn(C)cn1.Cc1cnc(C)n1I. The molecule has 0 saturated carbocycles. The van der Waals surface area contributed by atoms with Gasteiger partial charge in [-0.05, 0) is 20.8 Å². The van der Waals surface area contributed by atoms with E-state index in [-0.39, 0.29) is 0 Å². The van der Waals surface area contributed by atoms with Crippen molar-refractivity contribution in [3.63, 3.8) is 0 Å². The highest BCUT2D eigenvalue weighted by Gasteiger charge is 1.94. The summed E-state index contributed by atoms with van der Waals surface area (Å²) in [6.45, 7) is 5.99. The average molecular weight is 318 g/mol. The van der Waals surface area contributed by atoms with Crippen LogP contribution in [0.25, 0.3) is 0 Å². The van der Waals surface area contributed by atoms with E-state index in [4.69, 9.17) is 0 Å². The van der Waals surface area contributed by atoms with Crippen molar-refractivity contribution in [2.45, 2.75) is 20.8 Å². The van der Waals surface area contributed by atoms with Crippen molar-refractivity contribution in [2.24, 2.45) is 7.05 Å². The Bertz CT molecular complexity index is 394. The smallest absolute Gasteiger partial charge is 0.114 e. The second-order valence-corrected chi connectivity index (χ2v) is 4.37. The number of aryl methyl sites for hydroxylation is 4. The zero-order valence-corrected chi connectivity index (χ0v) is 11.6. The summed E-state index contributed by atoms with van der Waals surface area (Å²) in [6, 6.07) is 0.